The Morgan fingerprint density at radius 1 is 1.20 bits per heavy atom. The Morgan fingerprint density at radius 3 is 2.43 bits per heavy atom. The third kappa shape index (κ3) is 5.86. The molecule has 30 heavy (non-hydrogen) atoms. The summed E-state index contributed by atoms with van der Waals surface area (Å²) in [5.74, 6) is -4.52. The van der Waals surface area contributed by atoms with Crippen molar-refractivity contribution in [1.82, 2.24) is 5.32 Å². The number of benzene rings is 2. The molecule has 162 valence electrons. The largest absolute Gasteiger partial charge is 0.434 e. The Bertz CT molecular complexity index is 886. The number of rotatable bonds is 9. The highest BCUT2D eigenvalue weighted by atomic mass is 35.5. The minimum absolute atomic E-state index is 0.0648. The fraction of sp³-hybridized carbons (Fsp3) is 0.333. The number of primary amides is 1. The third-order valence-electron chi connectivity index (χ3n) is 4.47. The first-order valence-electron chi connectivity index (χ1n) is 9.30. The monoisotopic (exact) mass is 456 g/mol. The SMILES string of the molecule is CCCC[C@@](S)(NC(=O)OC(c1ccccc1)C(F)(F)c1cccc(Cl)c1)C(N)=O. The Morgan fingerprint density at radius 2 is 1.87 bits per heavy atom. The van der Waals surface area contributed by atoms with E-state index in [-0.39, 0.29) is 17.0 Å². The first kappa shape index (κ1) is 24.0. The first-order chi connectivity index (χ1) is 14.1. The molecule has 0 aromatic heterocycles. The van der Waals surface area contributed by atoms with E-state index < -0.39 is 34.5 Å². The number of halogens is 3. The molecule has 2 aromatic rings. The van der Waals surface area contributed by atoms with Crippen molar-refractivity contribution in [1.29, 1.82) is 0 Å². The molecule has 9 heteroatoms. The van der Waals surface area contributed by atoms with Gasteiger partial charge in [0, 0.05) is 10.6 Å². The average Bonchev–Trinajstić information content (AvgIpc) is 2.71. The van der Waals surface area contributed by atoms with Crippen LogP contribution in [-0.2, 0) is 15.5 Å². The molecule has 0 spiro atoms. The number of nitrogens with two attached hydrogens (primary N) is 1. The molecule has 0 saturated heterocycles. The summed E-state index contributed by atoms with van der Waals surface area (Å²) in [6, 6.07) is 12.7. The molecule has 3 N–H and O–H groups in total. The zero-order valence-electron chi connectivity index (χ0n) is 16.3. The zero-order valence-corrected chi connectivity index (χ0v) is 17.9. The van der Waals surface area contributed by atoms with Gasteiger partial charge in [-0.25, -0.2) is 4.79 Å². The lowest BCUT2D eigenvalue weighted by Crippen LogP contribution is -2.54. The molecule has 5 nitrogen and oxygen atoms in total. The maximum absolute atomic E-state index is 15.4. The summed E-state index contributed by atoms with van der Waals surface area (Å²) in [6.07, 6.45) is -1.85. The van der Waals surface area contributed by atoms with Crippen molar-refractivity contribution in [2.24, 2.45) is 5.73 Å². The second kappa shape index (κ2) is 10.1. The fourth-order valence-electron chi connectivity index (χ4n) is 2.81. The number of alkyl halides is 2. The highest BCUT2D eigenvalue weighted by Gasteiger charge is 2.46. The summed E-state index contributed by atoms with van der Waals surface area (Å²) in [5, 5.41) is 2.35. The van der Waals surface area contributed by atoms with E-state index in [1.807, 2.05) is 6.92 Å². The lowest BCUT2D eigenvalue weighted by atomic mass is 9.97. The van der Waals surface area contributed by atoms with Crippen LogP contribution in [0, 0.1) is 0 Å². The number of thiol groups is 1. The van der Waals surface area contributed by atoms with Crippen LogP contribution >= 0.6 is 24.2 Å². The second-order valence-electron chi connectivity index (χ2n) is 6.78. The highest BCUT2D eigenvalue weighted by molar-refractivity contribution is 7.82. The quantitative estimate of drug-likeness (QED) is 0.358. The molecule has 0 saturated carbocycles. The number of ether oxygens (including phenoxy) is 1. The van der Waals surface area contributed by atoms with Crippen molar-refractivity contribution in [3.8, 4) is 0 Å². The van der Waals surface area contributed by atoms with Crippen LogP contribution in [0.4, 0.5) is 13.6 Å². The maximum Gasteiger partial charge on any atom is 0.409 e. The molecule has 1 unspecified atom stereocenters. The van der Waals surface area contributed by atoms with E-state index in [0.29, 0.717) is 12.8 Å². The van der Waals surface area contributed by atoms with Crippen LogP contribution < -0.4 is 11.1 Å². The van der Waals surface area contributed by atoms with Gasteiger partial charge in [-0.2, -0.15) is 8.78 Å². The van der Waals surface area contributed by atoms with Gasteiger partial charge >= 0.3 is 12.0 Å². The van der Waals surface area contributed by atoms with Gasteiger partial charge in [-0.05, 0) is 30.5 Å². The average molecular weight is 457 g/mol. The van der Waals surface area contributed by atoms with Crippen molar-refractivity contribution in [2.45, 2.75) is 43.1 Å². The van der Waals surface area contributed by atoms with E-state index in [1.54, 1.807) is 18.2 Å². The van der Waals surface area contributed by atoms with E-state index in [1.165, 1.54) is 30.3 Å². The predicted molar refractivity (Wildman–Crippen MR) is 115 cm³/mol. The molecule has 0 radical (unpaired) electrons. The molecule has 0 aliphatic heterocycles. The van der Waals surface area contributed by atoms with Gasteiger partial charge in [0.1, 0.15) is 0 Å². The minimum atomic E-state index is -3.61. The number of carbonyl (C=O) groups excluding carboxylic acids is 2. The van der Waals surface area contributed by atoms with Gasteiger partial charge in [0.15, 0.2) is 11.0 Å². The Balaban J connectivity index is 2.35. The van der Waals surface area contributed by atoms with Crippen LogP contribution in [0.5, 0.6) is 0 Å². The molecule has 0 heterocycles. The molecule has 2 aromatic carbocycles. The third-order valence-corrected chi connectivity index (χ3v) is 5.27. The Hall–Kier alpha value is -2.32. The summed E-state index contributed by atoms with van der Waals surface area (Å²) >= 11 is 10.0. The standard InChI is InChI=1S/C21H23ClF2N2O3S/c1-2-3-12-20(30,18(25)27)26-19(28)29-17(14-8-5-4-6-9-14)21(23,24)15-10-7-11-16(22)13-15/h4-11,13,17,30H,2-3,12H2,1H3,(H2,25,27)(H,26,28)/t17?,20-/m0/s1. The lowest BCUT2D eigenvalue weighted by molar-refractivity contribution is -0.125. The minimum Gasteiger partial charge on any atom is -0.434 e. The number of carbonyl (C=O) groups is 2. The van der Waals surface area contributed by atoms with Gasteiger partial charge in [-0.1, -0.05) is 67.4 Å². The molecule has 0 aliphatic carbocycles. The van der Waals surface area contributed by atoms with Gasteiger partial charge in [-0.3, -0.25) is 10.1 Å². The fourth-order valence-corrected chi connectivity index (χ4v) is 3.25. The van der Waals surface area contributed by atoms with E-state index in [4.69, 9.17) is 22.1 Å². The molecular formula is C21H23ClF2N2O3S. The number of hydrogen-bond acceptors (Lipinski definition) is 4. The van der Waals surface area contributed by atoms with Gasteiger partial charge < -0.3 is 10.5 Å². The zero-order chi connectivity index (χ0) is 22.4. The van der Waals surface area contributed by atoms with E-state index in [2.05, 4.69) is 17.9 Å². The van der Waals surface area contributed by atoms with Crippen molar-refractivity contribution in [3.63, 3.8) is 0 Å². The van der Waals surface area contributed by atoms with Crippen LogP contribution in [0.25, 0.3) is 0 Å². The van der Waals surface area contributed by atoms with Crippen LogP contribution in [0.2, 0.25) is 5.02 Å². The topological polar surface area (TPSA) is 81.4 Å². The van der Waals surface area contributed by atoms with Crippen molar-refractivity contribution < 1.29 is 23.1 Å². The molecule has 2 rings (SSSR count). The van der Waals surface area contributed by atoms with Gasteiger partial charge in [0.25, 0.3) is 5.91 Å². The molecule has 2 amide bonds. The number of alkyl carbamates (subject to hydrolysis) is 1. The Labute approximate surface area is 184 Å². The summed E-state index contributed by atoms with van der Waals surface area (Å²) in [4.78, 5) is 22.6. The van der Waals surface area contributed by atoms with Crippen LogP contribution in [0.15, 0.2) is 54.6 Å². The normalized spacial score (nSPS) is 14.4. The molecule has 0 bridgehead atoms. The highest BCUT2D eigenvalue weighted by Crippen LogP contribution is 2.43. The maximum atomic E-state index is 15.4. The number of nitrogens with one attached hydrogen (secondary N) is 1. The van der Waals surface area contributed by atoms with Crippen LogP contribution in [-0.4, -0.2) is 16.9 Å². The first-order valence-corrected chi connectivity index (χ1v) is 10.1. The second-order valence-corrected chi connectivity index (χ2v) is 7.98. The number of hydrogen-bond donors (Lipinski definition) is 3. The lowest BCUT2D eigenvalue weighted by Gasteiger charge is -2.30. The van der Waals surface area contributed by atoms with Crippen molar-refractivity contribution in [3.05, 3.63) is 70.7 Å². The summed E-state index contributed by atoms with van der Waals surface area (Å²) in [7, 11) is 0. The molecular weight excluding hydrogens is 434 g/mol. The number of amides is 2. The van der Waals surface area contributed by atoms with Crippen molar-refractivity contribution >= 4 is 36.2 Å². The summed E-state index contributed by atoms with van der Waals surface area (Å²) in [6.45, 7) is 1.88. The van der Waals surface area contributed by atoms with Gasteiger partial charge in [0.05, 0.1) is 0 Å². The van der Waals surface area contributed by atoms with Crippen molar-refractivity contribution in [2.75, 3.05) is 0 Å². The van der Waals surface area contributed by atoms with E-state index in [9.17, 15) is 9.59 Å². The van der Waals surface area contributed by atoms with Crippen LogP contribution in [0.3, 0.4) is 0 Å². The van der Waals surface area contributed by atoms with Crippen LogP contribution in [0.1, 0.15) is 43.4 Å². The predicted octanol–water partition coefficient (Wildman–Crippen LogP) is 5.20. The summed E-state index contributed by atoms with van der Waals surface area (Å²) < 4.78 is 35.9. The number of unbranched alkanes of at least 4 members (excludes halogenated alkanes) is 1. The molecule has 2 atom stereocenters. The van der Waals surface area contributed by atoms with Gasteiger partial charge in [0.2, 0.25) is 0 Å². The Kier molecular flexibility index (Phi) is 8.09. The summed E-state index contributed by atoms with van der Waals surface area (Å²) in [5.41, 5.74) is 4.99. The van der Waals surface area contributed by atoms with E-state index in [0.717, 1.165) is 6.07 Å². The molecule has 0 fully saturated rings. The van der Waals surface area contributed by atoms with E-state index >= 15 is 8.78 Å². The molecule has 0 aliphatic rings. The van der Waals surface area contributed by atoms with Gasteiger partial charge in [-0.15, -0.1) is 12.6 Å². The smallest absolute Gasteiger partial charge is 0.409 e.